The summed E-state index contributed by atoms with van der Waals surface area (Å²) in [4.78, 5) is 12.1. The number of Topliss-reactive ketones (excluding diaryl/α,β-unsaturated/α-hetero) is 1. The number of halogens is 2. The van der Waals surface area contributed by atoms with Gasteiger partial charge in [-0.3, -0.25) is 4.79 Å². The highest BCUT2D eigenvalue weighted by molar-refractivity contribution is 6.30. The molecule has 0 spiro atoms. The quantitative estimate of drug-likeness (QED) is 0.526. The van der Waals surface area contributed by atoms with Gasteiger partial charge in [-0.15, -0.1) is 0 Å². The molecule has 128 valence electrons. The second-order valence-electron chi connectivity index (χ2n) is 6.17. The molecular formula is C21H20ClFNO+. The summed E-state index contributed by atoms with van der Waals surface area (Å²) in [5.74, 6) is -0.253. The molecule has 0 amide bonds. The fourth-order valence-corrected chi connectivity index (χ4v) is 3.06. The summed E-state index contributed by atoms with van der Waals surface area (Å²) < 4.78 is 15.1. The van der Waals surface area contributed by atoms with E-state index in [0.29, 0.717) is 12.0 Å². The van der Waals surface area contributed by atoms with E-state index in [1.807, 2.05) is 24.3 Å². The number of nitrogens with zero attached hydrogens (tertiary/aromatic N) is 1. The van der Waals surface area contributed by atoms with Gasteiger partial charge in [0.1, 0.15) is 18.9 Å². The van der Waals surface area contributed by atoms with Crippen molar-refractivity contribution in [3.05, 3.63) is 76.6 Å². The van der Waals surface area contributed by atoms with Crippen LogP contribution in [0.2, 0.25) is 5.02 Å². The molecule has 0 bridgehead atoms. The third-order valence-corrected chi connectivity index (χ3v) is 4.64. The first-order chi connectivity index (χ1) is 12.1. The summed E-state index contributed by atoms with van der Waals surface area (Å²) >= 11 is 5.93. The average molecular weight is 357 g/mol. The third kappa shape index (κ3) is 4.86. The monoisotopic (exact) mass is 356 g/mol. The van der Waals surface area contributed by atoms with E-state index in [1.54, 1.807) is 12.1 Å². The van der Waals surface area contributed by atoms with Crippen molar-refractivity contribution in [3.8, 4) is 0 Å². The molecule has 1 aliphatic heterocycles. The Hall–Kier alpha value is -2.26. The first-order valence-electron chi connectivity index (χ1n) is 8.44. The minimum Gasteiger partial charge on any atom is -0.294 e. The SMILES string of the molecule is O=C(CCC[N+]1=CC=C(c2ccc(Cl)cc2)CC1)c1ccc(F)cc1. The molecule has 2 nitrogen and oxygen atoms in total. The van der Waals surface area contributed by atoms with Crippen LogP contribution in [0.4, 0.5) is 4.39 Å². The molecule has 2 aromatic rings. The van der Waals surface area contributed by atoms with Gasteiger partial charge in [0.15, 0.2) is 12.0 Å². The Morgan fingerprint density at radius 3 is 2.44 bits per heavy atom. The number of carbonyl (C=O) groups excluding carboxylic acids is 1. The third-order valence-electron chi connectivity index (χ3n) is 4.39. The Kier molecular flexibility index (Phi) is 5.77. The molecule has 4 heteroatoms. The van der Waals surface area contributed by atoms with Crippen molar-refractivity contribution in [2.24, 2.45) is 0 Å². The molecule has 0 aromatic heterocycles. The van der Waals surface area contributed by atoms with E-state index in [4.69, 9.17) is 11.6 Å². The summed E-state index contributed by atoms with van der Waals surface area (Å²) in [6.45, 7) is 1.79. The molecule has 1 heterocycles. The molecule has 0 saturated carbocycles. The molecule has 0 atom stereocenters. The van der Waals surface area contributed by atoms with E-state index < -0.39 is 0 Å². The van der Waals surface area contributed by atoms with Crippen LogP contribution in [-0.2, 0) is 0 Å². The highest BCUT2D eigenvalue weighted by Gasteiger charge is 2.14. The predicted octanol–water partition coefficient (Wildman–Crippen LogP) is 5.01. The van der Waals surface area contributed by atoms with Gasteiger partial charge in [0.25, 0.3) is 0 Å². The van der Waals surface area contributed by atoms with Crippen molar-refractivity contribution in [2.75, 3.05) is 13.1 Å². The topological polar surface area (TPSA) is 20.1 Å². The molecule has 1 aliphatic rings. The average Bonchev–Trinajstić information content (AvgIpc) is 2.63. The zero-order chi connectivity index (χ0) is 17.6. The van der Waals surface area contributed by atoms with Gasteiger partial charge in [0.05, 0.1) is 0 Å². The normalized spacial score (nSPS) is 14.0. The zero-order valence-electron chi connectivity index (χ0n) is 13.9. The van der Waals surface area contributed by atoms with Crippen LogP contribution in [0.5, 0.6) is 0 Å². The van der Waals surface area contributed by atoms with Crippen molar-refractivity contribution in [2.45, 2.75) is 19.3 Å². The second-order valence-corrected chi connectivity index (χ2v) is 6.60. The minimum atomic E-state index is -0.317. The number of carbonyl (C=O) groups is 1. The summed E-state index contributed by atoms with van der Waals surface area (Å²) in [7, 11) is 0. The van der Waals surface area contributed by atoms with Crippen LogP contribution in [0, 0.1) is 5.82 Å². The first kappa shape index (κ1) is 17.6. The molecule has 3 rings (SSSR count). The van der Waals surface area contributed by atoms with Gasteiger partial charge >= 0.3 is 0 Å². The van der Waals surface area contributed by atoms with Crippen LogP contribution in [0.1, 0.15) is 35.2 Å². The van der Waals surface area contributed by atoms with Crippen molar-refractivity contribution < 1.29 is 13.8 Å². The molecule has 0 aliphatic carbocycles. The Morgan fingerprint density at radius 1 is 1.08 bits per heavy atom. The maximum atomic E-state index is 12.9. The summed E-state index contributed by atoms with van der Waals surface area (Å²) in [5.41, 5.74) is 3.08. The van der Waals surface area contributed by atoms with E-state index in [0.717, 1.165) is 31.0 Å². The highest BCUT2D eigenvalue weighted by Crippen LogP contribution is 2.21. The number of rotatable bonds is 6. The summed E-state index contributed by atoms with van der Waals surface area (Å²) in [6, 6.07) is 13.6. The lowest BCUT2D eigenvalue weighted by atomic mass is 10.0. The van der Waals surface area contributed by atoms with Crippen LogP contribution in [-0.4, -0.2) is 29.7 Å². The van der Waals surface area contributed by atoms with Crippen LogP contribution >= 0.6 is 11.6 Å². The Bertz CT molecular complexity index is 807. The molecule has 0 saturated heterocycles. The highest BCUT2D eigenvalue weighted by atomic mass is 35.5. The molecule has 0 unspecified atom stereocenters. The van der Waals surface area contributed by atoms with Gasteiger partial charge in [-0.25, -0.2) is 8.97 Å². The Morgan fingerprint density at radius 2 is 1.80 bits per heavy atom. The molecule has 25 heavy (non-hydrogen) atoms. The van der Waals surface area contributed by atoms with Crippen molar-refractivity contribution in [1.29, 1.82) is 0 Å². The number of benzene rings is 2. The van der Waals surface area contributed by atoms with Gasteiger partial charge < -0.3 is 0 Å². The molecule has 0 radical (unpaired) electrons. The molecule has 2 aromatic carbocycles. The van der Waals surface area contributed by atoms with E-state index in [2.05, 4.69) is 16.9 Å². The number of hydrogen-bond acceptors (Lipinski definition) is 1. The second kappa shape index (κ2) is 8.21. The van der Waals surface area contributed by atoms with Gasteiger partial charge in [-0.1, -0.05) is 23.7 Å². The predicted molar refractivity (Wildman–Crippen MR) is 100 cm³/mol. The fraction of sp³-hybridized carbons (Fsp3) is 0.238. The van der Waals surface area contributed by atoms with Crippen LogP contribution < -0.4 is 0 Å². The van der Waals surface area contributed by atoms with Crippen LogP contribution in [0.25, 0.3) is 5.57 Å². The van der Waals surface area contributed by atoms with E-state index >= 15 is 0 Å². The summed E-state index contributed by atoms with van der Waals surface area (Å²) in [6.07, 6.45) is 6.47. The van der Waals surface area contributed by atoms with Crippen molar-refractivity contribution in [1.82, 2.24) is 0 Å². The smallest absolute Gasteiger partial charge is 0.163 e. The van der Waals surface area contributed by atoms with E-state index in [-0.39, 0.29) is 11.6 Å². The largest absolute Gasteiger partial charge is 0.294 e. The lowest BCUT2D eigenvalue weighted by Crippen LogP contribution is -2.20. The first-order valence-corrected chi connectivity index (χ1v) is 8.82. The van der Waals surface area contributed by atoms with Gasteiger partial charge in [0.2, 0.25) is 0 Å². The minimum absolute atomic E-state index is 0.0643. The number of ketones is 1. The molecule has 0 N–H and O–H groups in total. The standard InChI is InChI=1S/C21H20ClFNO/c22-19-7-3-16(4-8-19)17-11-14-24(15-12-17)13-1-2-21(25)18-5-9-20(23)10-6-18/h3-11,14H,1-2,12-13,15H2/q+1. The number of hydrogen-bond donors (Lipinski definition) is 0. The molecule has 0 fully saturated rings. The molecular weight excluding hydrogens is 337 g/mol. The van der Waals surface area contributed by atoms with Crippen LogP contribution in [0.15, 0.2) is 54.6 Å². The maximum absolute atomic E-state index is 12.9. The maximum Gasteiger partial charge on any atom is 0.163 e. The van der Waals surface area contributed by atoms with Gasteiger partial charge in [0, 0.05) is 35.9 Å². The Balaban J connectivity index is 1.51. The lowest BCUT2D eigenvalue weighted by molar-refractivity contribution is -0.522. The van der Waals surface area contributed by atoms with Gasteiger partial charge in [-0.2, -0.15) is 0 Å². The number of allylic oxidation sites excluding steroid dienone is 1. The van der Waals surface area contributed by atoms with Crippen molar-refractivity contribution in [3.63, 3.8) is 0 Å². The van der Waals surface area contributed by atoms with E-state index in [9.17, 15) is 9.18 Å². The summed E-state index contributed by atoms with van der Waals surface area (Å²) in [5, 5.41) is 0.747. The zero-order valence-corrected chi connectivity index (χ0v) is 14.7. The Labute approximate surface area is 152 Å². The van der Waals surface area contributed by atoms with E-state index in [1.165, 1.54) is 23.3 Å². The lowest BCUT2D eigenvalue weighted by Gasteiger charge is -2.11. The fourth-order valence-electron chi connectivity index (χ4n) is 2.93. The van der Waals surface area contributed by atoms with Crippen molar-refractivity contribution >= 4 is 29.2 Å². The van der Waals surface area contributed by atoms with Gasteiger partial charge in [-0.05, 0) is 47.5 Å². The van der Waals surface area contributed by atoms with Crippen LogP contribution in [0.3, 0.4) is 0 Å².